The number of carbonyl (C=O) groups is 1. The zero-order chi connectivity index (χ0) is 17.2. The summed E-state index contributed by atoms with van der Waals surface area (Å²) in [6.45, 7) is 2.23. The predicted octanol–water partition coefficient (Wildman–Crippen LogP) is 0.858. The third-order valence-electron chi connectivity index (χ3n) is 4.53. The fourth-order valence-corrected chi connectivity index (χ4v) is 4.57. The van der Waals surface area contributed by atoms with E-state index in [2.05, 4.69) is 0 Å². The minimum absolute atomic E-state index is 0.0468. The van der Waals surface area contributed by atoms with Gasteiger partial charge in [0.1, 0.15) is 5.75 Å². The topological polar surface area (TPSA) is 77.9 Å². The zero-order valence-corrected chi connectivity index (χ0v) is 14.6. The van der Waals surface area contributed by atoms with Gasteiger partial charge >= 0.3 is 0 Å². The largest absolute Gasteiger partial charge is 0.508 e. The van der Waals surface area contributed by atoms with Crippen LogP contribution in [0.3, 0.4) is 0 Å². The lowest BCUT2D eigenvalue weighted by molar-refractivity contribution is -0.136. The van der Waals surface area contributed by atoms with Crippen molar-refractivity contribution >= 4 is 15.7 Å². The normalized spacial score (nSPS) is 21.3. The summed E-state index contributed by atoms with van der Waals surface area (Å²) in [6, 6.07) is 6.38. The van der Waals surface area contributed by atoms with Crippen molar-refractivity contribution in [2.24, 2.45) is 0 Å². The second-order valence-electron chi connectivity index (χ2n) is 6.23. The van der Waals surface area contributed by atoms with Gasteiger partial charge in [0.25, 0.3) is 0 Å². The first-order valence-corrected chi connectivity index (χ1v) is 9.47. The molecule has 1 aliphatic rings. The van der Waals surface area contributed by atoms with Crippen LogP contribution >= 0.6 is 0 Å². The molecule has 6 nitrogen and oxygen atoms in total. The van der Waals surface area contributed by atoms with Crippen molar-refractivity contribution in [1.82, 2.24) is 9.80 Å². The summed E-state index contributed by atoms with van der Waals surface area (Å²) in [5.41, 5.74) is 0.751. The molecule has 0 aliphatic carbocycles. The Bertz CT molecular complexity index is 674. The molecule has 1 fully saturated rings. The highest BCUT2D eigenvalue weighted by Gasteiger charge is 2.34. The molecule has 1 N–H and O–H groups in total. The van der Waals surface area contributed by atoms with Gasteiger partial charge < -0.3 is 10.0 Å². The smallest absolute Gasteiger partial charge is 0.239 e. The summed E-state index contributed by atoms with van der Waals surface area (Å²) < 4.78 is 23.1. The molecule has 1 amide bonds. The number of rotatable bonds is 5. The lowest BCUT2D eigenvalue weighted by Crippen LogP contribution is -2.48. The summed E-state index contributed by atoms with van der Waals surface area (Å²) in [6.07, 6.45) is 0.500. The van der Waals surface area contributed by atoms with Gasteiger partial charge in [-0.1, -0.05) is 18.2 Å². The van der Waals surface area contributed by atoms with Crippen molar-refractivity contribution < 1.29 is 18.3 Å². The molecule has 23 heavy (non-hydrogen) atoms. The van der Waals surface area contributed by atoms with Gasteiger partial charge in [-0.25, -0.2) is 8.42 Å². The van der Waals surface area contributed by atoms with Gasteiger partial charge in [-0.05, 0) is 26.5 Å². The molecule has 2 atom stereocenters. The molecular weight excluding hydrogens is 316 g/mol. The number of aromatic hydroxyl groups is 1. The van der Waals surface area contributed by atoms with Gasteiger partial charge in [-0.2, -0.15) is 0 Å². The summed E-state index contributed by atoms with van der Waals surface area (Å²) in [5, 5.41) is 9.83. The highest BCUT2D eigenvalue weighted by molar-refractivity contribution is 7.91. The average molecular weight is 340 g/mol. The van der Waals surface area contributed by atoms with E-state index in [4.69, 9.17) is 0 Å². The Hall–Kier alpha value is -1.60. The minimum atomic E-state index is -3.01. The maximum Gasteiger partial charge on any atom is 0.239 e. The fraction of sp³-hybridized carbons (Fsp3) is 0.562. The van der Waals surface area contributed by atoms with Crippen molar-refractivity contribution in [3.05, 3.63) is 29.8 Å². The minimum Gasteiger partial charge on any atom is -0.508 e. The van der Waals surface area contributed by atoms with Crippen LogP contribution in [0.1, 0.15) is 18.9 Å². The average Bonchev–Trinajstić information content (AvgIpc) is 2.87. The number of sulfone groups is 1. The number of para-hydroxylation sites is 1. The first kappa shape index (κ1) is 17.7. The van der Waals surface area contributed by atoms with Gasteiger partial charge in [0.05, 0.1) is 17.5 Å². The summed E-state index contributed by atoms with van der Waals surface area (Å²) >= 11 is 0. The van der Waals surface area contributed by atoms with Gasteiger partial charge in [0, 0.05) is 25.2 Å². The Balaban J connectivity index is 2.00. The molecule has 0 unspecified atom stereocenters. The standard InChI is InChI=1S/C16H24N2O4S/c1-12(17(2)10-13-6-4-5-7-15(13)19)16(20)18(3)14-8-9-23(21,22)11-14/h4-7,12,14,19H,8-11H2,1-3H3/t12-,14+/m0/s1. The first-order valence-electron chi connectivity index (χ1n) is 7.65. The third-order valence-corrected chi connectivity index (χ3v) is 6.28. The van der Waals surface area contributed by atoms with Crippen LogP contribution in [0.25, 0.3) is 0 Å². The number of benzene rings is 1. The Morgan fingerprint density at radius 2 is 2.00 bits per heavy atom. The molecule has 0 bridgehead atoms. The number of carbonyl (C=O) groups excluding carboxylic acids is 1. The van der Waals surface area contributed by atoms with Crippen molar-refractivity contribution in [3.63, 3.8) is 0 Å². The summed E-state index contributed by atoms with van der Waals surface area (Å²) in [4.78, 5) is 16.0. The van der Waals surface area contributed by atoms with Crippen LogP contribution in [-0.4, -0.2) is 66.9 Å². The molecular formula is C16H24N2O4S. The molecule has 128 valence electrons. The number of hydrogen-bond acceptors (Lipinski definition) is 5. The predicted molar refractivity (Wildman–Crippen MR) is 88.9 cm³/mol. The van der Waals surface area contributed by atoms with E-state index in [1.54, 1.807) is 31.0 Å². The number of phenols is 1. The highest BCUT2D eigenvalue weighted by Crippen LogP contribution is 2.20. The highest BCUT2D eigenvalue weighted by atomic mass is 32.2. The summed E-state index contributed by atoms with van der Waals surface area (Å²) in [5.74, 6) is 0.294. The molecule has 0 saturated carbocycles. The summed E-state index contributed by atoms with van der Waals surface area (Å²) in [7, 11) is 0.464. The van der Waals surface area contributed by atoms with Crippen molar-refractivity contribution in [2.45, 2.75) is 32.0 Å². The van der Waals surface area contributed by atoms with Gasteiger partial charge in [-0.15, -0.1) is 0 Å². The fourth-order valence-electron chi connectivity index (χ4n) is 2.79. The second kappa shape index (κ2) is 6.88. The number of likely N-dealkylation sites (N-methyl/N-ethyl adjacent to an activating group) is 2. The molecule has 1 aromatic carbocycles. The Morgan fingerprint density at radius 1 is 1.35 bits per heavy atom. The molecule has 1 saturated heterocycles. The van der Waals surface area contributed by atoms with Gasteiger partial charge in [0.15, 0.2) is 9.84 Å². The number of nitrogens with zero attached hydrogens (tertiary/aromatic N) is 2. The van der Waals surface area contributed by atoms with Crippen LogP contribution in [0.4, 0.5) is 0 Å². The van der Waals surface area contributed by atoms with Gasteiger partial charge in [-0.3, -0.25) is 9.69 Å². The van der Waals surface area contributed by atoms with Crippen molar-refractivity contribution in [2.75, 3.05) is 25.6 Å². The maximum absolute atomic E-state index is 12.6. The van der Waals surface area contributed by atoms with E-state index < -0.39 is 15.9 Å². The number of phenolic OH excluding ortho intramolecular Hbond substituents is 1. The van der Waals surface area contributed by atoms with E-state index in [0.717, 1.165) is 5.56 Å². The van der Waals surface area contributed by atoms with Crippen LogP contribution in [0.15, 0.2) is 24.3 Å². The zero-order valence-electron chi connectivity index (χ0n) is 13.8. The van der Waals surface area contributed by atoms with E-state index in [-0.39, 0.29) is 29.2 Å². The molecule has 0 radical (unpaired) electrons. The Labute approximate surface area is 137 Å². The molecule has 0 aromatic heterocycles. The molecule has 0 spiro atoms. The van der Waals surface area contributed by atoms with E-state index in [9.17, 15) is 18.3 Å². The van der Waals surface area contributed by atoms with Crippen LogP contribution < -0.4 is 0 Å². The number of amides is 1. The molecule has 1 heterocycles. The SMILES string of the molecule is C[C@@H](C(=O)N(C)[C@@H]1CCS(=O)(=O)C1)N(C)Cc1ccccc1O. The number of hydrogen-bond donors (Lipinski definition) is 1. The van der Waals surface area contributed by atoms with Crippen LogP contribution in [-0.2, 0) is 21.2 Å². The van der Waals surface area contributed by atoms with Crippen LogP contribution in [0.5, 0.6) is 5.75 Å². The third kappa shape index (κ3) is 4.23. The molecule has 1 aliphatic heterocycles. The van der Waals surface area contributed by atoms with E-state index >= 15 is 0 Å². The molecule has 2 rings (SSSR count). The van der Waals surface area contributed by atoms with E-state index in [1.807, 2.05) is 24.1 Å². The monoisotopic (exact) mass is 340 g/mol. The van der Waals surface area contributed by atoms with Crippen molar-refractivity contribution in [3.8, 4) is 5.75 Å². The van der Waals surface area contributed by atoms with Gasteiger partial charge in [0.2, 0.25) is 5.91 Å². The second-order valence-corrected chi connectivity index (χ2v) is 8.45. The van der Waals surface area contributed by atoms with E-state index in [0.29, 0.717) is 13.0 Å². The van der Waals surface area contributed by atoms with Crippen LogP contribution in [0.2, 0.25) is 0 Å². The van der Waals surface area contributed by atoms with Crippen LogP contribution in [0, 0.1) is 0 Å². The Morgan fingerprint density at radius 3 is 2.57 bits per heavy atom. The maximum atomic E-state index is 12.6. The quantitative estimate of drug-likeness (QED) is 0.860. The first-order chi connectivity index (χ1) is 10.7. The lowest BCUT2D eigenvalue weighted by atomic mass is 10.1. The molecule has 7 heteroatoms. The lowest BCUT2D eigenvalue weighted by Gasteiger charge is -2.31. The molecule has 1 aromatic rings. The van der Waals surface area contributed by atoms with E-state index in [1.165, 1.54) is 0 Å². The van der Waals surface area contributed by atoms with Crippen molar-refractivity contribution in [1.29, 1.82) is 0 Å². The Kier molecular flexibility index (Phi) is 5.31.